The third-order valence-corrected chi connectivity index (χ3v) is 5.39. The SMILES string of the molecule is CC1=C(C(=O)OC(C)C)[C@@H](c2ccccc2C(F)(F)F)CC(=O)N1Cc1cccc(F)c1F. The van der Waals surface area contributed by atoms with E-state index in [4.69, 9.17) is 4.74 Å². The van der Waals surface area contributed by atoms with Gasteiger partial charge in [-0.25, -0.2) is 13.6 Å². The number of allylic oxidation sites excluding steroid dienone is 1. The molecule has 1 aliphatic rings. The van der Waals surface area contributed by atoms with E-state index in [1.165, 1.54) is 37.3 Å². The smallest absolute Gasteiger partial charge is 0.416 e. The van der Waals surface area contributed by atoms with Gasteiger partial charge in [-0.2, -0.15) is 13.2 Å². The van der Waals surface area contributed by atoms with Gasteiger partial charge in [-0.3, -0.25) is 4.79 Å². The molecule has 1 atom stereocenters. The molecule has 1 heterocycles. The Balaban J connectivity index is 2.14. The predicted octanol–water partition coefficient (Wildman–Crippen LogP) is 5.73. The van der Waals surface area contributed by atoms with Crippen LogP contribution in [0.2, 0.25) is 0 Å². The van der Waals surface area contributed by atoms with Crippen LogP contribution in [0.15, 0.2) is 53.7 Å². The van der Waals surface area contributed by atoms with Crippen molar-refractivity contribution < 1.29 is 36.3 Å². The maximum Gasteiger partial charge on any atom is 0.416 e. The standard InChI is InChI=1S/C24H22F5NO3/c1-13(2)33-23(32)21-14(3)30(12-15-7-6-10-19(25)22(15)26)20(31)11-17(21)16-8-4-5-9-18(16)24(27,28)29/h4-10,13,17H,11-12H2,1-3H3/t17-/m1/s1. The number of hydrogen-bond acceptors (Lipinski definition) is 3. The molecule has 3 rings (SSSR count). The number of amides is 1. The molecule has 2 aromatic rings. The molecule has 0 saturated carbocycles. The summed E-state index contributed by atoms with van der Waals surface area (Å²) in [5.74, 6) is -4.96. The fourth-order valence-electron chi connectivity index (χ4n) is 3.91. The molecule has 176 valence electrons. The number of benzene rings is 2. The molecule has 1 aliphatic heterocycles. The van der Waals surface area contributed by atoms with Crippen LogP contribution in [0.1, 0.15) is 49.8 Å². The molecule has 0 radical (unpaired) electrons. The molecule has 1 amide bonds. The molecule has 0 fully saturated rings. The zero-order valence-electron chi connectivity index (χ0n) is 18.2. The van der Waals surface area contributed by atoms with Crippen LogP contribution in [-0.2, 0) is 27.0 Å². The van der Waals surface area contributed by atoms with Gasteiger partial charge in [0.05, 0.1) is 23.8 Å². The third-order valence-electron chi connectivity index (χ3n) is 5.39. The molecule has 0 spiro atoms. The van der Waals surface area contributed by atoms with Gasteiger partial charge in [0.25, 0.3) is 0 Å². The van der Waals surface area contributed by atoms with E-state index in [2.05, 4.69) is 0 Å². The lowest BCUT2D eigenvalue weighted by molar-refractivity contribution is -0.145. The second-order valence-electron chi connectivity index (χ2n) is 7.99. The Bertz CT molecular complexity index is 1110. The van der Waals surface area contributed by atoms with E-state index in [-0.39, 0.29) is 28.9 Å². The first kappa shape index (κ1) is 24.4. The predicted molar refractivity (Wildman–Crippen MR) is 110 cm³/mol. The molecule has 0 bridgehead atoms. The third kappa shape index (κ3) is 5.07. The van der Waals surface area contributed by atoms with Crippen LogP contribution in [0, 0.1) is 11.6 Å². The lowest BCUT2D eigenvalue weighted by atomic mass is 9.81. The van der Waals surface area contributed by atoms with Crippen molar-refractivity contribution in [2.75, 3.05) is 0 Å². The van der Waals surface area contributed by atoms with Gasteiger partial charge in [0.1, 0.15) is 0 Å². The van der Waals surface area contributed by atoms with Crippen molar-refractivity contribution in [2.45, 2.75) is 51.9 Å². The highest BCUT2D eigenvalue weighted by atomic mass is 19.4. The average Bonchev–Trinajstić information content (AvgIpc) is 2.72. The minimum Gasteiger partial charge on any atom is -0.460 e. The van der Waals surface area contributed by atoms with Gasteiger partial charge in [0, 0.05) is 23.6 Å². The van der Waals surface area contributed by atoms with Crippen LogP contribution < -0.4 is 0 Å². The maximum atomic E-state index is 14.2. The highest BCUT2D eigenvalue weighted by molar-refractivity contribution is 5.96. The summed E-state index contributed by atoms with van der Waals surface area (Å²) in [5.41, 5.74) is -1.42. The zero-order chi connectivity index (χ0) is 24.5. The van der Waals surface area contributed by atoms with Gasteiger partial charge in [-0.05, 0) is 38.5 Å². The lowest BCUT2D eigenvalue weighted by Gasteiger charge is -2.35. The van der Waals surface area contributed by atoms with Crippen LogP contribution in [0.3, 0.4) is 0 Å². The highest BCUT2D eigenvalue weighted by Crippen LogP contribution is 2.43. The summed E-state index contributed by atoms with van der Waals surface area (Å²) in [7, 11) is 0. The monoisotopic (exact) mass is 467 g/mol. The maximum absolute atomic E-state index is 14.2. The number of esters is 1. The average molecular weight is 467 g/mol. The molecular weight excluding hydrogens is 445 g/mol. The first-order valence-electron chi connectivity index (χ1n) is 10.2. The summed E-state index contributed by atoms with van der Waals surface area (Å²) >= 11 is 0. The normalized spacial score (nSPS) is 17.1. The summed E-state index contributed by atoms with van der Waals surface area (Å²) in [6, 6.07) is 8.21. The minimum atomic E-state index is -4.71. The molecule has 0 aromatic heterocycles. The molecule has 0 N–H and O–H groups in total. The first-order chi connectivity index (χ1) is 15.4. The summed E-state index contributed by atoms with van der Waals surface area (Å²) < 4.78 is 74.2. The Hall–Kier alpha value is -3.23. The van der Waals surface area contributed by atoms with Crippen LogP contribution in [0.4, 0.5) is 22.0 Å². The number of carbonyl (C=O) groups excluding carboxylic acids is 2. The molecule has 0 unspecified atom stereocenters. The molecule has 0 saturated heterocycles. The quantitative estimate of drug-likeness (QED) is 0.417. The van der Waals surface area contributed by atoms with Crippen LogP contribution in [-0.4, -0.2) is 22.9 Å². The van der Waals surface area contributed by atoms with E-state index in [0.29, 0.717) is 0 Å². The van der Waals surface area contributed by atoms with Crippen molar-refractivity contribution in [3.05, 3.63) is 82.1 Å². The summed E-state index contributed by atoms with van der Waals surface area (Å²) in [4.78, 5) is 27.0. The summed E-state index contributed by atoms with van der Waals surface area (Å²) in [6.07, 6.45) is -5.74. The summed E-state index contributed by atoms with van der Waals surface area (Å²) in [6.45, 7) is 4.16. The van der Waals surface area contributed by atoms with E-state index >= 15 is 0 Å². The van der Waals surface area contributed by atoms with E-state index in [1.54, 1.807) is 13.8 Å². The van der Waals surface area contributed by atoms with E-state index in [0.717, 1.165) is 17.0 Å². The Kier molecular flexibility index (Phi) is 6.90. The number of halogens is 5. The second kappa shape index (κ2) is 9.33. The molecular formula is C24H22F5NO3. The fraction of sp³-hybridized carbons (Fsp3) is 0.333. The Morgan fingerprint density at radius 1 is 1.12 bits per heavy atom. The molecule has 9 heteroatoms. The number of alkyl halides is 3. The number of rotatable bonds is 5. The van der Waals surface area contributed by atoms with Gasteiger partial charge >= 0.3 is 12.1 Å². The lowest BCUT2D eigenvalue weighted by Crippen LogP contribution is -2.39. The minimum absolute atomic E-state index is 0.0301. The van der Waals surface area contributed by atoms with E-state index in [1.807, 2.05) is 0 Å². The fourth-order valence-corrected chi connectivity index (χ4v) is 3.91. The number of nitrogens with zero attached hydrogens (tertiary/aromatic N) is 1. The van der Waals surface area contributed by atoms with Crippen molar-refractivity contribution >= 4 is 11.9 Å². The van der Waals surface area contributed by atoms with Crippen molar-refractivity contribution in [2.24, 2.45) is 0 Å². The first-order valence-corrected chi connectivity index (χ1v) is 10.2. The van der Waals surface area contributed by atoms with E-state index < -0.39 is 53.7 Å². The van der Waals surface area contributed by atoms with E-state index in [9.17, 15) is 31.5 Å². The van der Waals surface area contributed by atoms with Gasteiger partial charge in [0.2, 0.25) is 5.91 Å². The van der Waals surface area contributed by atoms with Crippen LogP contribution >= 0.6 is 0 Å². The Morgan fingerprint density at radius 2 is 1.79 bits per heavy atom. The molecule has 2 aromatic carbocycles. The van der Waals surface area contributed by atoms with Crippen LogP contribution in [0.25, 0.3) is 0 Å². The van der Waals surface area contributed by atoms with Crippen LogP contribution in [0.5, 0.6) is 0 Å². The topological polar surface area (TPSA) is 46.6 Å². The van der Waals surface area contributed by atoms with Crippen molar-refractivity contribution in [1.29, 1.82) is 0 Å². The number of carbonyl (C=O) groups is 2. The Morgan fingerprint density at radius 3 is 2.42 bits per heavy atom. The van der Waals surface area contributed by atoms with Crippen molar-refractivity contribution in [3.8, 4) is 0 Å². The second-order valence-corrected chi connectivity index (χ2v) is 7.99. The van der Waals surface area contributed by atoms with Crippen molar-refractivity contribution in [1.82, 2.24) is 4.90 Å². The van der Waals surface area contributed by atoms with Gasteiger partial charge in [0.15, 0.2) is 11.6 Å². The van der Waals surface area contributed by atoms with Gasteiger partial charge in [-0.1, -0.05) is 30.3 Å². The zero-order valence-corrected chi connectivity index (χ0v) is 18.2. The van der Waals surface area contributed by atoms with Crippen molar-refractivity contribution in [3.63, 3.8) is 0 Å². The number of hydrogen-bond donors (Lipinski definition) is 0. The largest absolute Gasteiger partial charge is 0.460 e. The highest BCUT2D eigenvalue weighted by Gasteiger charge is 2.42. The molecule has 33 heavy (non-hydrogen) atoms. The molecule has 0 aliphatic carbocycles. The number of ether oxygens (including phenoxy) is 1. The Labute approximate surface area is 187 Å². The van der Waals surface area contributed by atoms with Gasteiger partial charge < -0.3 is 9.64 Å². The summed E-state index contributed by atoms with van der Waals surface area (Å²) in [5, 5.41) is 0. The molecule has 4 nitrogen and oxygen atoms in total. The van der Waals surface area contributed by atoms with Gasteiger partial charge in [-0.15, -0.1) is 0 Å².